The third-order valence-electron chi connectivity index (χ3n) is 7.60. The van der Waals surface area contributed by atoms with Gasteiger partial charge in [0.2, 0.25) is 0 Å². The summed E-state index contributed by atoms with van der Waals surface area (Å²) in [6.07, 6.45) is 9.78. The van der Waals surface area contributed by atoms with E-state index in [9.17, 15) is 4.79 Å². The van der Waals surface area contributed by atoms with Gasteiger partial charge in [-0.25, -0.2) is 14.8 Å². The van der Waals surface area contributed by atoms with Gasteiger partial charge < -0.3 is 20.4 Å². The molecule has 4 aromatic rings. The van der Waals surface area contributed by atoms with E-state index in [0.29, 0.717) is 5.82 Å². The largest absolute Gasteiger partial charge is 0.444 e. The van der Waals surface area contributed by atoms with Crippen LogP contribution >= 0.6 is 0 Å². The highest BCUT2D eigenvalue weighted by molar-refractivity contribution is 6.02. The average Bonchev–Trinajstić information content (AvgIpc) is 3.48. The first kappa shape index (κ1) is 21.8. The standard InChI is InChI=1S/C27H30N6O2/c1-25(2,3)35-24(34)32-26-8-10-27(15-26,11-9-26)33-14-19(21-22(28)30-16-31-23(21)33)18-12-17-6-4-5-7-20(17)29-13-18/h4-7,12-14,16H,8-11,15H2,1-3H3,(H,32,34)(H2,28,30,31). The Kier molecular flexibility index (Phi) is 4.62. The number of benzene rings is 1. The van der Waals surface area contributed by atoms with Gasteiger partial charge in [-0.05, 0) is 65.0 Å². The average molecular weight is 471 g/mol. The molecule has 3 N–H and O–H groups in total. The number of nitrogens with zero attached hydrogens (tertiary/aromatic N) is 4. The van der Waals surface area contributed by atoms with Crippen molar-refractivity contribution in [1.82, 2.24) is 24.8 Å². The molecule has 0 atom stereocenters. The maximum absolute atomic E-state index is 12.6. The molecule has 35 heavy (non-hydrogen) atoms. The van der Waals surface area contributed by atoms with E-state index in [-0.39, 0.29) is 17.2 Å². The molecule has 3 heterocycles. The summed E-state index contributed by atoms with van der Waals surface area (Å²) >= 11 is 0. The minimum Gasteiger partial charge on any atom is -0.444 e. The summed E-state index contributed by atoms with van der Waals surface area (Å²) < 4.78 is 7.85. The zero-order valence-electron chi connectivity index (χ0n) is 20.3. The number of ether oxygens (including phenoxy) is 1. The second-order valence-corrected chi connectivity index (χ2v) is 11.1. The van der Waals surface area contributed by atoms with Crippen molar-refractivity contribution < 1.29 is 9.53 Å². The Balaban J connectivity index is 1.41. The number of nitrogens with two attached hydrogens (primary N) is 1. The number of rotatable bonds is 3. The molecule has 2 bridgehead atoms. The Bertz CT molecular complexity index is 1460. The van der Waals surface area contributed by atoms with Gasteiger partial charge in [-0.3, -0.25) is 4.98 Å². The van der Waals surface area contributed by atoms with Crippen molar-refractivity contribution in [1.29, 1.82) is 0 Å². The smallest absolute Gasteiger partial charge is 0.408 e. The molecule has 2 aliphatic carbocycles. The summed E-state index contributed by atoms with van der Waals surface area (Å²) in [5.41, 5.74) is 9.23. The van der Waals surface area contributed by atoms with Crippen LogP contribution in [-0.4, -0.2) is 36.8 Å². The lowest BCUT2D eigenvalue weighted by molar-refractivity contribution is 0.0458. The van der Waals surface area contributed by atoms with Crippen molar-refractivity contribution in [2.24, 2.45) is 0 Å². The molecule has 0 radical (unpaired) electrons. The van der Waals surface area contributed by atoms with E-state index in [1.165, 1.54) is 6.33 Å². The first-order chi connectivity index (χ1) is 16.7. The molecule has 0 spiro atoms. The van der Waals surface area contributed by atoms with E-state index >= 15 is 0 Å². The fourth-order valence-corrected chi connectivity index (χ4v) is 6.08. The minimum atomic E-state index is -0.525. The topological polar surface area (TPSA) is 108 Å². The number of para-hydroxylation sites is 1. The lowest BCUT2D eigenvalue weighted by Crippen LogP contribution is -2.47. The molecule has 2 fully saturated rings. The number of hydrogen-bond donors (Lipinski definition) is 2. The number of pyridine rings is 1. The Morgan fingerprint density at radius 2 is 1.89 bits per heavy atom. The molecule has 8 nitrogen and oxygen atoms in total. The molecule has 0 unspecified atom stereocenters. The van der Waals surface area contributed by atoms with Crippen LogP contribution in [0.15, 0.2) is 49.1 Å². The van der Waals surface area contributed by atoms with Gasteiger partial charge in [-0.1, -0.05) is 18.2 Å². The van der Waals surface area contributed by atoms with Gasteiger partial charge in [0.15, 0.2) is 0 Å². The van der Waals surface area contributed by atoms with Crippen LogP contribution in [0.3, 0.4) is 0 Å². The second-order valence-electron chi connectivity index (χ2n) is 11.1. The summed E-state index contributed by atoms with van der Waals surface area (Å²) in [6, 6.07) is 10.2. The van der Waals surface area contributed by atoms with Crippen LogP contribution in [0.1, 0.15) is 52.9 Å². The summed E-state index contributed by atoms with van der Waals surface area (Å²) in [6.45, 7) is 5.66. The summed E-state index contributed by atoms with van der Waals surface area (Å²) in [5, 5.41) is 5.13. The first-order valence-corrected chi connectivity index (χ1v) is 12.2. The molecule has 180 valence electrons. The number of nitrogens with one attached hydrogen (secondary N) is 1. The quantitative estimate of drug-likeness (QED) is 0.428. The number of fused-ring (bicyclic) bond motifs is 4. The van der Waals surface area contributed by atoms with Crippen LogP contribution in [0.25, 0.3) is 33.1 Å². The monoisotopic (exact) mass is 470 g/mol. The van der Waals surface area contributed by atoms with Crippen LogP contribution in [0.5, 0.6) is 0 Å². The number of anilines is 1. The van der Waals surface area contributed by atoms with Crippen molar-refractivity contribution in [3.05, 3.63) is 49.1 Å². The van der Waals surface area contributed by atoms with Crippen LogP contribution in [-0.2, 0) is 10.3 Å². The molecule has 2 saturated carbocycles. The van der Waals surface area contributed by atoms with Crippen LogP contribution in [0, 0.1) is 0 Å². The van der Waals surface area contributed by atoms with Crippen molar-refractivity contribution in [3.8, 4) is 11.1 Å². The van der Waals surface area contributed by atoms with Gasteiger partial charge in [0.1, 0.15) is 23.4 Å². The molecular weight excluding hydrogens is 440 g/mol. The number of aromatic nitrogens is 4. The highest BCUT2D eigenvalue weighted by Gasteiger charge is 2.56. The maximum Gasteiger partial charge on any atom is 0.408 e. The predicted molar refractivity (Wildman–Crippen MR) is 136 cm³/mol. The van der Waals surface area contributed by atoms with Crippen molar-refractivity contribution >= 4 is 33.8 Å². The van der Waals surface area contributed by atoms with Gasteiger partial charge in [-0.2, -0.15) is 0 Å². The van der Waals surface area contributed by atoms with E-state index in [2.05, 4.69) is 43.2 Å². The summed E-state index contributed by atoms with van der Waals surface area (Å²) in [4.78, 5) is 26.3. The molecule has 8 heteroatoms. The Hall–Kier alpha value is -3.68. The van der Waals surface area contributed by atoms with E-state index < -0.39 is 5.60 Å². The van der Waals surface area contributed by atoms with Crippen LogP contribution < -0.4 is 11.1 Å². The molecular formula is C27H30N6O2. The fourth-order valence-electron chi connectivity index (χ4n) is 6.08. The van der Waals surface area contributed by atoms with E-state index in [1.54, 1.807) is 0 Å². The lowest BCUT2D eigenvalue weighted by atomic mass is 9.91. The SMILES string of the molecule is CC(C)(C)OC(=O)NC12CCC(n3cc(-c4cnc5ccccc5c4)c4c(N)ncnc43)(CC1)C2. The fraction of sp³-hybridized carbons (Fsp3) is 0.407. The Labute approximate surface area is 203 Å². The molecule has 1 aromatic carbocycles. The molecule has 6 rings (SSSR count). The van der Waals surface area contributed by atoms with Gasteiger partial charge in [-0.15, -0.1) is 0 Å². The Morgan fingerprint density at radius 1 is 1.11 bits per heavy atom. The summed E-state index contributed by atoms with van der Waals surface area (Å²) in [7, 11) is 0. The number of amides is 1. The highest BCUT2D eigenvalue weighted by atomic mass is 16.6. The molecule has 2 aliphatic rings. The summed E-state index contributed by atoms with van der Waals surface area (Å²) in [5.74, 6) is 0.461. The molecule has 0 saturated heterocycles. The predicted octanol–water partition coefficient (Wildman–Crippen LogP) is 5.17. The molecule has 3 aromatic heterocycles. The number of carbonyl (C=O) groups is 1. The maximum atomic E-state index is 12.6. The molecule has 1 amide bonds. The number of alkyl carbamates (subject to hydrolysis) is 1. The number of carbonyl (C=O) groups excluding carboxylic acids is 1. The van der Waals surface area contributed by atoms with E-state index in [0.717, 1.165) is 65.2 Å². The zero-order chi connectivity index (χ0) is 24.4. The third-order valence-corrected chi connectivity index (χ3v) is 7.60. The zero-order valence-corrected chi connectivity index (χ0v) is 20.3. The lowest BCUT2D eigenvalue weighted by Gasteiger charge is -2.30. The van der Waals surface area contributed by atoms with Gasteiger partial charge in [0.25, 0.3) is 0 Å². The molecule has 0 aliphatic heterocycles. The van der Waals surface area contributed by atoms with Crippen LogP contribution in [0.4, 0.5) is 10.6 Å². The number of nitrogen functional groups attached to an aromatic ring is 1. The first-order valence-electron chi connectivity index (χ1n) is 12.2. The minimum absolute atomic E-state index is 0.142. The van der Waals surface area contributed by atoms with Crippen molar-refractivity contribution in [2.75, 3.05) is 5.73 Å². The third kappa shape index (κ3) is 3.59. The normalized spacial score (nSPS) is 23.7. The highest BCUT2D eigenvalue weighted by Crippen LogP contribution is 2.56. The number of hydrogen-bond acceptors (Lipinski definition) is 6. The van der Waals surface area contributed by atoms with Crippen molar-refractivity contribution in [2.45, 2.75) is 69.6 Å². The van der Waals surface area contributed by atoms with Crippen LogP contribution in [0.2, 0.25) is 0 Å². The second kappa shape index (κ2) is 7.41. The van der Waals surface area contributed by atoms with Gasteiger partial charge >= 0.3 is 6.09 Å². The van der Waals surface area contributed by atoms with E-state index in [4.69, 9.17) is 10.5 Å². The van der Waals surface area contributed by atoms with Crippen molar-refractivity contribution in [3.63, 3.8) is 0 Å². The Morgan fingerprint density at radius 3 is 2.66 bits per heavy atom. The van der Waals surface area contributed by atoms with Gasteiger partial charge in [0, 0.05) is 40.0 Å². The van der Waals surface area contributed by atoms with E-state index in [1.807, 2.05) is 45.2 Å². The van der Waals surface area contributed by atoms with Gasteiger partial charge in [0.05, 0.1) is 10.9 Å².